The molecule has 35 valence electrons. The summed E-state index contributed by atoms with van der Waals surface area (Å²) in [7, 11) is 0. The van der Waals surface area contributed by atoms with Crippen molar-refractivity contribution in [3.05, 3.63) is 0 Å². The third-order valence-corrected chi connectivity index (χ3v) is 0.888. The molecule has 1 saturated heterocycles. The maximum Gasteiger partial charge on any atom is 0.118 e. The highest BCUT2D eigenvalue weighted by Gasteiger charge is 2.11. The van der Waals surface area contributed by atoms with Crippen molar-refractivity contribution in [1.82, 2.24) is 0 Å². The third kappa shape index (κ3) is 0.698. The molecule has 0 N–H and O–H groups in total. The van der Waals surface area contributed by atoms with Crippen molar-refractivity contribution in [1.29, 1.82) is 0 Å². The Labute approximate surface area is 36.7 Å². The lowest BCUT2D eigenvalue weighted by atomic mass is 10.3. The van der Waals surface area contributed by atoms with Gasteiger partial charge in [-0.1, -0.05) is 0 Å². The molecule has 0 unspecified atom stereocenters. The minimum Gasteiger partial charge on any atom is -0.379 e. The zero-order chi connectivity index (χ0) is 4.41. The van der Waals surface area contributed by atoms with Crippen LogP contribution in [0.2, 0.25) is 0 Å². The van der Waals surface area contributed by atoms with Gasteiger partial charge in [0.15, 0.2) is 0 Å². The predicted molar refractivity (Wildman–Crippen MR) is 19.9 cm³/mol. The molecule has 2 heteroatoms. The zero-order valence-electron chi connectivity index (χ0n) is 3.52. The molecule has 0 aromatic heterocycles. The number of hydrogen-bond acceptors (Lipinski definition) is 1. The van der Waals surface area contributed by atoms with Crippen molar-refractivity contribution in [3.63, 3.8) is 0 Å². The van der Waals surface area contributed by atoms with E-state index >= 15 is 0 Å². The second-order valence-corrected chi connectivity index (χ2v) is 1.49. The van der Waals surface area contributed by atoms with Gasteiger partial charge >= 0.3 is 0 Å². The highest BCUT2D eigenvalue weighted by molar-refractivity contribution is 4.58. The van der Waals surface area contributed by atoms with Crippen LogP contribution in [0.4, 0.5) is 0 Å². The van der Waals surface area contributed by atoms with E-state index in [-0.39, 0.29) is 0 Å². The summed E-state index contributed by atoms with van der Waals surface area (Å²) < 4.78 is 4.74. The Balaban J connectivity index is 2.18. The first-order valence-electron chi connectivity index (χ1n) is 2.13. The smallest absolute Gasteiger partial charge is 0.118 e. The molecule has 0 bridgehead atoms. The molecule has 1 radical (unpaired) electrons. The van der Waals surface area contributed by atoms with Crippen LogP contribution in [0.3, 0.4) is 0 Å². The minimum absolute atomic E-state index is 0.426. The first-order valence-corrected chi connectivity index (χ1v) is 2.13. The van der Waals surface area contributed by atoms with Gasteiger partial charge < -0.3 is 4.74 Å². The third-order valence-electron chi connectivity index (χ3n) is 0.888. The zero-order valence-corrected chi connectivity index (χ0v) is 3.52. The molecule has 1 aliphatic heterocycles. The topological polar surface area (TPSA) is 29.1 Å². The van der Waals surface area contributed by atoms with E-state index in [0.717, 1.165) is 0 Å². The summed E-state index contributed by atoms with van der Waals surface area (Å²) in [6.45, 7) is 1.11. The normalized spacial score (nSPS) is 34.5. The summed E-state index contributed by atoms with van der Waals surface area (Å²) in [5, 5.41) is 10.2. The van der Waals surface area contributed by atoms with E-state index in [1.165, 1.54) is 0 Å². The van der Waals surface area contributed by atoms with Gasteiger partial charge in [0.2, 0.25) is 0 Å². The molecule has 2 nitrogen and oxygen atoms in total. The van der Waals surface area contributed by atoms with Crippen LogP contribution in [0.15, 0.2) is 0 Å². The van der Waals surface area contributed by atoms with Gasteiger partial charge in [-0.05, 0) is 0 Å². The van der Waals surface area contributed by atoms with E-state index < -0.39 is 6.10 Å². The molecule has 0 saturated carbocycles. The van der Waals surface area contributed by atoms with Crippen LogP contribution >= 0.6 is 0 Å². The lowest BCUT2D eigenvalue weighted by Crippen LogP contribution is -2.00. The molecule has 0 aromatic carbocycles. The van der Waals surface area contributed by atoms with Crippen molar-refractivity contribution in [3.8, 4) is 0 Å². The number of hydrogen-bond donors (Lipinski definition) is 0. The predicted octanol–water partition coefficient (Wildman–Crippen LogP) is 0.206. The lowest BCUT2D eigenvalue weighted by molar-refractivity contribution is 0.0703. The van der Waals surface area contributed by atoms with Crippen molar-refractivity contribution >= 4 is 0 Å². The average Bonchev–Trinajstić information content (AvgIpc) is 1.86. The molecule has 1 heterocycles. The molecule has 0 amide bonds. The molecule has 0 aromatic rings. The standard InChI is InChI=1S/C4H7O2/c5-4-1-2-6-3-4/h4H,1-3H2/t4-/m0/s1. The molecule has 0 spiro atoms. The van der Waals surface area contributed by atoms with E-state index in [1.54, 1.807) is 0 Å². The summed E-state index contributed by atoms with van der Waals surface area (Å²) in [6, 6.07) is 0. The quantitative estimate of drug-likeness (QED) is 0.415. The van der Waals surface area contributed by atoms with Crippen molar-refractivity contribution in [2.45, 2.75) is 12.5 Å². The summed E-state index contributed by atoms with van der Waals surface area (Å²) in [5.41, 5.74) is 0. The van der Waals surface area contributed by atoms with Crippen LogP contribution in [-0.4, -0.2) is 19.3 Å². The van der Waals surface area contributed by atoms with Crippen LogP contribution < -0.4 is 0 Å². The number of ether oxygens (including phenoxy) is 1. The highest BCUT2D eigenvalue weighted by Crippen LogP contribution is 2.01. The Bertz CT molecular complexity index is 38.8. The maximum absolute atomic E-state index is 10.2. The van der Waals surface area contributed by atoms with E-state index in [2.05, 4.69) is 0 Å². The second kappa shape index (κ2) is 1.58. The number of rotatable bonds is 0. The Hall–Kier alpha value is -0.0800. The fraction of sp³-hybridized carbons (Fsp3) is 1.00. The van der Waals surface area contributed by atoms with Gasteiger partial charge in [0.25, 0.3) is 0 Å². The monoisotopic (exact) mass is 87.0 g/mol. The molecule has 1 fully saturated rings. The van der Waals surface area contributed by atoms with E-state index in [1.807, 2.05) is 0 Å². The van der Waals surface area contributed by atoms with Gasteiger partial charge in [-0.25, -0.2) is 5.11 Å². The molecule has 1 aliphatic rings. The van der Waals surface area contributed by atoms with Crippen molar-refractivity contribution in [2.75, 3.05) is 13.2 Å². The van der Waals surface area contributed by atoms with Crippen LogP contribution in [0, 0.1) is 0 Å². The Morgan fingerprint density at radius 1 is 1.67 bits per heavy atom. The van der Waals surface area contributed by atoms with Gasteiger partial charge in [-0.15, -0.1) is 0 Å². The minimum atomic E-state index is -0.426. The van der Waals surface area contributed by atoms with E-state index in [9.17, 15) is 5.11 Å². The van der Waals surface area contributed by atoms with Gasteiger partial charge in [-0.3, -0.25) is 0 Å². The van der Waals surface area contributed by atoms with Gasteiger partial charge in [0.05, 0.1) is 6.61 Å². The molecule has 1 rings (SSSR count). The molecular weight excluding hydrogens is 80.0 g/mol. The van der Waals surface area contributed by atoms with Crippen LogP contribution in [-0.2, 0) is 9.84 Å². The SMILES string of the molecule is [O][C@H]1CCOC1. The molecule has 1 atom stereocenters. The maximum atomic E-state index is 10.2. The first-order chi connectivity index (χ1) is 2.89. The van der Waals surface area contributed by atoms with Crippen molar-refractivity contribution < 1.29 is 9.84 Å². The van der Waals surface area contributed by atoms with Crippen LogP contribution in [0.5, 0.6) is 0 Å². The summed E-state index contributed by atoms with van der Waals surface area (Å²) >= 11 is 0. The van der Waals surface area contributed by atoms with E-state index in [4.69, 9.17) is 4.74 Å². The Kier molecular flexibility index (Phi) is 1.08. The summed E-state index contributed by atoms with van der Waals surface area (Å²) in [4.78, 5) is 0. The largest absolute Gasteiger partial charge is 0.379 e. The van der Waals surface area contributed by atoms with Gasteiger partial charge in [-0.2, -0.15) is 0 Å². The van der Waals surface area contributed by atoms with Gasteiger partial charge in [0.1, 0.15) is 6.10 Å². The Morgan fingerprint density at radius 3 is 2.67 bits per heavy atom. The second-order valence-electron chi connectivity index (χ2n) is 1.49. The van der Waals surface area contributed by atoms with E-state index in [0.29, 0.717) is 19.6 Å². The lowest BCUT2D eigenvalue weighted by Gasteiger charge is -1.85. The first kappa shape index (κ1) is 4.09. The van der Waals surface area contributed by atoms with Crippen LogP contribution in [0.25, 0.3) is 0 Å². The van der Waals surface area contributed by atoms with Crippen molar-refractivity contribution in [2.24, 2.45) is 0 Å². The fourth-order valence-electron chi connectivity index (χ4n) is 0.513. The summed E-state index contributed by atoms with van der Waals surface area (Å²) in [6.07, 6.45) is 0.282. The van der Waals surface area contributed by atoms with Crippen LogP contribution in [0.1, 0.15) is 6.42 Å². The molecular formula is C4H7O2. The molecule has 0 aliphatic carbocycles. The highest BCUT2D eigenvalue weighted by atomic mass is 16.5. The summed E-state index contributed by atoms with van der Waals surface area (Å²) in [5.74, 6) is 0. The average molecular weight is 87.1 g/mol. The fourth-order valence-corrected chi connectivity index (χ4v) is 0.513. The van der Waals surface area contributed by atoms with Gasteiger partial charge in [0, 0.05) is 13.0 Å². The Morgan fingerprint density at radius 2 is 2.50 bits per heavy atom. The molecule has 6 heavy (non-hydrogen) atoms.